The van der Waals surface area contributed by atoms with E-state index in [1.807, 2.05) is 80.6 Å². The summed E-state index contributed by atoms with van der Waals surface area (Å²) in [5.41, 5.74) is 3.85. The predicted molar refractivity (Wildman–Crippen MR) is 183 cm³/mol. The molecule has 5 rings (SSSR count). The van der Waals surface area contributed by atoms with E-state index in [-0.39, 0.29) is 29.8 Å². The summed E-state index contributed by atoms with van der Waals surface area (Å²) in [6.45, 7) is 3.42. The van der Waals surface area contributed by atoms with Crippen molar-refractivity contribution in [2.45, 2.75) is 69.5 Å². The van der Waals surface area contributed by atoms with Gasteiger partial charge in [-0.2, -0.15) is 0 Å². The van der Waals surface area contributed by atoms with Gasteiger partial charge in [-0.3, -0.25) is 13.9 Å². The van der Waals surface area contributed by atoms with Gasteiger partial charge in [0.05, 0.1) is 10.6 Å². The summed E-state index contributed by atoms with van der Waals surface area (Å²) >= 11 is 6.08. The van der Waals surface area contributed by atoms with Crippen LogP contribution in [-0.2, 0) is 32.6 Å². The summed E-state index contributed by atoms with van der Waals surface area (Å²) < 4.78 is 29.6. The maximum absolute atomic E-state index is 14.7. The Balaban J connectivity index is 1.57. The standard InChI is InChI=1S/C37H40ClN3O4S/c1-27-11-10-15-30(23-27)25-40(35(24-29-13-4-3-5-14-29)37(43)39-32-16-7-8-17-32)36(42)26-41(34-18-9-6-12-28(34)2)46(44,45)33-21-19-31(38)20-22-33/h3-6,9-15,18-23,32,35H,7-8,16-17,24-26H2,1-2H3,(H,39,43). The summed E-state index contributed by atoms with van der Waals surface area (Å²) in [4.78, 5) is 30.3. The highest BCUT2D eigenvalue weighted by Gasteiger charge is 2.36. The predicted octanol–water partition coefficient (Wildman–Crippen LogP) is 6.85. The van der Waals surface area contributed by atoms with E-state index in [9.17, 15) is 18.0 Å². The highest BCUT2D eigenvalue weighted by molar-refractivity contribution is 7.92. The molecule has 1 saturated carbocycles. The highest BCUT2D eigenvalue weighted by Crippen LogP contribution is 2.28. The van der Waals surface area contributed by atoms with Crippen molar-refractivity contribution >= 4 is 39.1 Å². The van der Waals surface area contributed by atoms with E-state index in [1.54, 1.807) is 17.0 Å². The van der Waals surface area contributed by atoms with Crippen LogP contribution in [0.25, 0.3) is 0 Å². The van der Waals surface area contributed by atoms with Gasteiger partial charge in [-0.05, 0) is 73.7 Å². The zero-order chi connectivity index (χ0) is 32.7. The zero-order valence-corrected chi connectivity index (χ0v) is 27.8. The van der Waals surface area contributed by atoms with Gasteiger partial charge in [-0.15, -0.1) is 0 Å². The third kappa shape index (κ3) is 8.17. The Morgan fingerprint density at radius 2 is 1.50 bits per heavy atom. The largest absolute Gasteiger partial charge is 0.352 e. The maximum Gasteiger partial charge on any atom is 0.264 e. The molecular formula is C37H40ClN3O4S. The molecule has 0 radical (unpaired) electrons. The molecule has 1 aliphatic carbocycles. The monoisotopic (exact) mass is 657 g/mol. The van der Waals surface area contributed by atoms with Gasteiger partial charge in [0.1, 0.15) is 12.6 Å². The molecule has 0 bridgehead atoms. The van der Waals surface area contributed by atoms with E-state index in [2.05, 4.69) is 5.32 Å². The van der Waals surface area contributed by atoms with Crippen molar-refractivity contribution in [3.05, 3.63) is 130 Å². The van der Waals surface area contributed by atoms with Gasteiger partial charge >= 0.3 is 0 Å². The number of hydrogen-bond donors (Lipinski definition) is 1. The van der Waals surface area contributed by atoms with Gasteiger partial charge in [-0.25, -0.2) is 8.42 Å². The van der Waals surface area contributed by atoms with Crippen molar-refractivity contribution in [1.82, 2.24) is 10.2 Å². The lowest BCUT2D eigenvalue weighted by Crippen LogP contribution is -2.54. The topological polar surface area (TPSA) is 86.8 Å². The molecule has 7 nitrogen and oxygen atoms in total. The summed E-state index contributed by atoms with van der Waals surface area (Å²) in [6.07, 6.45) is 4.18. The lowest BCUT2D eigenvalue weighted by atomic mass is 10.0. The number of halogens is 1. The summed E-state index contributed by atoms with van der Waals surface area (Å²) in [7, 11) is -4.20. The van der Waals surface area contributed by atoms with E-state index in [4.69, 9.17) is 11.6 Å². The van der Waals surface area contributed by atoms with E-state index < -0.39 is 28.5 Å². The van der Waals surface area contributed by atoms with E-state index in [0.717, 1.165) is 46.7 Å². The molecule has 4 aromatic carbocycles. The molecule has 1 fully saturated rings. The molecule has 9 heteroatoms. The van der Waals surface area contributed by atoms with Gasteiger partial charge < -0.3 is 10.2 Å². The molecular weight excluding hydrogens is 618 g/mol. The molecule has 1 unspecified atom stereocenters. The van der Waals surface area contributed by atoms with Crippen molar-refractivity contribution in [2.75, 3.05) is 10.8 Å². The maximum atomic E-state index is 14.7. The van der Waals surface area contributed by atoms with Crippen LogP contribution in [0.5, 0.6) is 0 Å². The van der Waals surface area contributed by atoms with E-state index >= 15 is 0 Å². The van der Waals surface area contributed by atoms with Crippen LogP contribution in [-0.4, -0.2) is 43.8 Å². The second-order valence-corrected chi connectivity index (χ2v) is 14.3. The van der Waals surface area contributed by atoms with Crippen LogP contribution in [0.4, 0.5) is 5.69 Å². The molecule has 4 aromatic rings. The molecule has 46 heavy (non-hydrogen) atoms. The van der Waals surface area contributed by atoms with Crippen molar-refractivity contribution in [1.29, 1.82) is 0 Å². The summed E-state index contributed by atoms with van der Waals surface area (Å²) in [6, 6.07) is 29.6. The number of carbonyl (C=O) groups excluding carboxylic acids is 2. The first kappa shape index (κ1) is 33.2. The Hall–Kier alpha value is -4.14. The number of rotatable bonds is 12. The van der Waals surface area contributed by atoms with Gasteiger partial charge in [-0.1, -0.05) is 103 Å². The van der Waals surface area contributed by atoms with Crippen LogP contribution in [0.15, 0.2) is 108 Å². The fourth-order valence-electron chi connectivity index (χ4n) is 6.02. The van der Waals surface area contributed by atoms with Gasteiger partial charge in [0.2, 0.25) is 11.8 Å². The Kier molecular flexibility index (Phi) is 10.8. The number of nitrogens with zero attached hydrogens (tertiary/aromatic N) is 2. The molecule has 2 amide bonds. The van der Waals surface area contributed by atoms with Crippen LogP contribution in [0.3, 0.4) is 0 Å². The quantitative estimate of drug-likeness (QED) is 0.181. The average molecular weight is 658 g/mol. The SMILES string of the molecule is Cc1cccc(CN(C(=O)CN(c2ccccc2C)S(=O)(=O)c2ccc(Cl)cc2)C(Cc2ccccc2)C(=O)NC2CCCC2)c1. The third-order valence-electron chi connectivity index (χ3n) is 8.47. The number of amides is 2. The number of carbonyl (C=O) groups is 2. The van der Waals surface area contributed by atoms with Gasteiger partial charge in [0, 0.05) is 24.0 Å². The normalized spacial score (nSPS) is 14.1. The van der Waals surface area contributed by atoms with Crippen LogP contribution < -0.4 is 9.62 Å². The molecule has 0 heterocycles. The fourth-order valence-corrected chi connectivity index (χ4v) is 7.62. The molecule has 0 spiro atoms. The summed E-state index contributed by atoms with van der Waals surface area (Å²) in [5, 5.41) is 3.61. The molecule has 1 N–H and O–H groups in total. The number of nitrogens with one attached hydrogen (secondary N) is 1. The number of aryl methyl sites for hydroxylation is 2. The Labute approximate surface area is 277 Å². The third-order valence-corrected chi connectivity index (χ3v) is 10.5. The summed E-state index contributed by atoms with van der Waals surface area (Å²) in [5.74, 6) is -0.718. The fraction of sp³-hybridized carbons (Fsp3) is 0.297. The minimum atomic E-state index is -4.20. The van der Waals surface area contributed by atoms with Crippen LogP contribution >= 0.6 is 11.6 Å². The lowest BCUT2D eigenvalue weighted by molar-refractivity contribution is -0.140. The molecule has 240 valence electrons. The van der Waals surface area contributed by atoms with E-state index in [1.165, 1.54) is 24.3 Å². The van der Waals surface area contributed by atoms with Gasteiger partial charge in [0.15, 0.2) is 0 Å². The highest BCUT2D eigenvalue weighted by atomic mass is 35.5. The number of sulfonamides is 1. The Morgan fingerprint density at radius 1 is 0.848 bits per heavy atom. The van der Waals surface area contributed by atoms with Crippen LogP contribution in [0.2, 0.25) is 5.02 Å². The van der Waals surface area contributed by atoms with E-state index in [0.29, 0.717) is 16.3 Å². The van der Waals surface area contributed by atoms with Crippen molar-refractivity contribution in [3.63, 3.8) is 0 Å². The number of para-hydroxylation sites is 1. The van der Waals surface area contributed by atoms with Gasteiger partial charge in [0.25, 0.3) is 10.0 Å². The Morgan fingerprint density at radius 3 is 2.17 bits per heavy atom. The first-order chi connectivity index (χ1) is 22.1. The first-order valence-corrected chi connectivity index (χ1v) is 17.5. The molecule has 1 aliphatic rings. The first-order valence-electron chi connectivity index (χ1n) is 15.6. The molecule has 0 aliphatic heterocycles. The number of anilines is 1. The lowest BCUT2D eigenvalue weighted by Gasteiger charge is -2.34. The van der Waals surface area contributed by atoms with Crippen molar-refractivity contribution in [2.24, 2.45) is 0 Å². The minimum Gasteiger partial charge on any atom is -0.352 e. The van der Waals surface area contributed by atoms with Crippen molar-refractivity contribution < 1.29 is 18.0 Å². The number of benzene rings is 4. The smallest absolute Gasteiger partial charge is 0.264 e. The average Bonchev–Trinajstić information content (AvgIpc) is 3.55. The van der Waals surface area contributed by atoms with Crippen LogP contribution in [0.1, 0.15) is 47.9 Å². The second kappa shape index (κ2) is 15.0. The molecule has 0 saturated heterocycles. The second-order valence-electron chi connectivity index (χ2n) is 12.0. The van der Waals surface area contributed by atoms with Crippen LogP contribution in [0, 0.1) is 13.8 Å². The van der Waals surface area contributed by atoms with Crippen molar-refractivity contribution in [3.8, 4) is 0 Å². The molecule has 1 atom stereocenters. The minimum absolute atomic E-state index is 0.0120. The number of hydrogen-bond acceptors (Lipinski definition) is 4. The Bertz CT molecular complexity index is 1760. The molecule has 0 aromatic heterocycles. The zero-order valence-electron chi connectivity index (χ0n) is 26.2.